The molecule has 1 aromatic carbocycles. The van der Waals surface area contributed by atoms with Crippen molar-refractivity contribution in [2.24, 2.45) is 0 Å². The second-order valence-corrected chi connectivity index (χ2v) is 8.27. The third-order valence-corrected chi connectivity index (χ3v) is 6.37. The number of rotatable bonds is 4. The molecule has 1 fully saturated rings. The maximum absolute atomic E-state index is 12.7. The van der Waals surface area contributed by atoms with Gasteiger partial charge in [-0.15, -0.1) is 0 Å². The van der Waals surface area contributed by atoms with Gasteiger partial charge in [-0.05, 0) is 36.1 Å². The molecule has 1 aliphatic heterocycles. The van der Waals surface area contributed by atoms with Gasteiger partial charge >= 0.3 is 0 Å². The van der Waals surface area contributed by atoms with E-state index in [0.29, 0.717) is 24.3 Å². The first-order valence-electron chi connectivity index (χ1n) is 7.42. The van der Waals surface area contributed by atoms with Crippen molar-refractivity contribution in [2.75, 3.05) is 13.6 Å². The maximum Gasteiger partial charge on any atom is 0.242 e. The first kappa shape index (κ1) is 15.0. The second kappa shape index (κ2) is 5.35. The molecule has 0 saturated heterocycles. The Bertz CT molecular complexity index is 636. The summed E-state index contributed by atoms with van der Waals surface area (Å²) in [5.41, 5.74) is 1.34. The van der Waals surface area contributed by atoms with E-state index in [9.17, 15) is 13.5 Å². The third kappa shape index (κ3) is 2.85. The van der Waals surface area contributed by atoms with Crippen LogP contribution in [-0.4, -0.2) is 37.0 Å². The topological polar surface area (TPSA) is 69.6 Å². The predicted molar refractivity (Wildman–Crippen MR) is 80.2 cm³/mol. The number of hydrogen-bond donors (Lipinski definition) is 2. The van der Waals surface area contributed by atoms with Crippen molar-refractivity contribution < 1.29 is 13.5 Å². The number of sulfonamides is 1. The van der Waals surface area contributed by atoms with Crippen LogP contribution < -0.4 is 5.32 Å². The SMILES string of the molecule is CN(CC1(O)CCCC1)S(=O)(=O)c1ccc2c(c1)CNC2. The van der Waals surface area contributed by atoms with Gasteiger partial charge in [-0.1, -0.05) is 18.9 Å². The van der Waals surface area contributed by atoms with E-state index >= 15 is 0 Å². The van der Waals surface area contributed by atoms with Gasteiger partial charge in [0.1, 0.15) is 0 Å². The first-order valence-corrected chi connectivity index (χ1v) is 8.86. The minimum Gasteiger partial charge on any atom is -0.389 e. The second-order valence-electron chi connectivity index (χ2n) is 6.23. The molecular weight excluding hydrogens is 288 g/mol. The lowest BCUT2D eigenvalue weighted by atomic mass is 10.0. The summed E-state index contributed by atoms with van der Waals surface area (Å²) in [4.78, 5) is 0.314. The van der Waals surface area contributed by atoms with Crippen LogP contribution >= 0.6 is 0 Å². The number of nitrogens with one attached hydrogen (secondary N) is 1. The molecule has 0 spiro atoms. The molecule has 1 aliphatic carbocycles. The van der Waals surface area contributed by atoms with Crippen molar-refractivity contribution in [3.63, 3.8) is 0 Å². The molecule has 0 aromatic heterocycles. The molecule has 2 N–H and O–H groups in total. The molecule has 3 rings (SSSR count). The Morgan fingerprint density at radius 1 is 1.24 bits per heavy atom. The molecule has 2 aliphatic rings. The molecule has 1 heterocycles. The summed E-state index contributed by atoms with van der Waals surface area (Å²) in [7, 11) is -1.99. The zero-order valence-electron chi connectivity index (χ0n) is 12.3. The highest BCUT2D eigenvalue weighted by atomic mass is 32.2. The summed E-state index contributed by atoms with van der Waals surface area (Å²) >= 11 is 0. The highest BCUT2D eigenvalue weighted by Crippen LogP contribution is 2.31. The average Bonchev–Trinajstić information content (AvgIpc) is 3.06. The lowest BCUT2D eigenvalue weighted by Gasteiger charge is -2.28. The molecule has 21 heavy (non-hydrogen) atoms. The molecule has 0 amide bonds. The highest BCUT2D eigenvalue weighted by Gasteiger charge is 2.36. The maximum atomic E-state index is 12.7. The summed E-state index contributed by atoms with van der Waals surface area (Å²) in [6.45, 7) is 1.68. The fraction of sp³-hybridized carbons (Fsp3) is 0.600. The van der Waals surface area contributed by atoms with Crippen LogP contribution in [0.15, 0.2) is 23.1 Å². The van der Waals surface area contributed by atoms with Crippen molar-refractivity contribution in [2.45, 2.75) is 49.3 Å². The van der Waals surface area contributed by atoms with Gasteiger partial charge < -0.3 is 10.4 Å². The minimum atomic E-state index is -3.54. The smallest absolute Gasteiger partial charge is 0.242 e. The minimum absolute atomic E-state index is 0.171. The first-order chi connectivity index (χ1) is 9.91. The summed E-state index contributed by atoms with van der Waals surface area (Å²) < 4.78 is 26.6. The van der Waals surface area contributed by atoms with Crippen molar-refractivity contribution in [1.29, 1.82) is 0 Å². The summed E-state index contributed by atoms with van der Waals surface area (Å²) in [5, 5.41) is 13.6. The Balaban J connectivity index is 1.82. The van der Waals surface area contributed by atoms with Crippen molar-refractivity contribution in [1.82, 2.24) is 9.62 Å². The van der Waals surface area contributed by atoms with Crippen LogP contribution in [0.5, 0.6) is 0 Å². The van der Waals surface area contributed by atoms with Gasteiger partial charge in [0.2, 0.25) is 10.0 Å². The molecule has 0 radical (unpaired) electrons. The van der Waals surface area contributed by atoms with Gasteiger partial charge in [0, 0.05) is 26.7 Å². The molecule has 6 heteroatoms. The van der Waals surface area contributed by atoms with E-state index in [0.717, 1.165) is 30.5 Å². The van der Waals surface area contributed by atoms with Crippen LogP contribution in [0.25, 0.3) is 0 Å². The van der Waals surface area contributed by atoms with Gasteiger partial charge in [-0.2, -0.15) is 4.31 Å². The standard InChI is InChI=1S/C15H22N2O3S/c1-17(11-15(18)6-2-3-7-15)21(19,20)14-5-4-12-9-16-10-13(12)8-14/h4-5,8,16,18H,2-3,6-7,9-11H2,1H3. The van der Waals surface area contributed by atoms with Crippen molar-refractivity contribution in [3.05, 3.63) is 29.3 Å². The Hall–Kier alpha value is -0.950. The molecule has 5 nitrogen and oxygen atoms in total. The summed E-state index contributed by atoms with van der Waals surface area (Å²) in [6, 6.07) is 5.29. The van der Waals surface area contributed by atoms with Crippen molar-refractivity contribution >= 4 is 10.0 Å². The largest absolute Gasteiger partial charge is 0.389 e. The zero-order chi connectivity index (χ0) is 15.1. The fourth-order valence-electron chi connectivity index (χ4n) is 3.30. The molecule has 0 atom stereocenters. The van der Waals surface area contributed by atoms with Crippen LogP contribution in [0.3, 0.4) is 0 Å². The van der Waals surface area contributed by atoms with E-state index in [1.807, 2.05) is 6.07 Å². The molecule has 116 valence electrons. The number of aliphatic hydroxyl groups is 1. The van der Waals surface area contributed by atoms with Gasteiger partial charge in [-0.25, -0.2) is 8.42 Å². The molecule has 1 saturated carbocycles. The number of fused-ring (bicyclic) bond motifs is 1. The normalized spacial score (nSPS) is 20.9. The average molecular weight is 310 g/mol. The number of nitrogens with zero attached hydrogens (tertiary/aromatic N) is 1. The van der Waals surface area contributed by atoms with Crippen LogP contribution in [0.2, 0.25) is 0 Å². The van der Waals surface area contributed by atoms with E-state index in [-0.39, 0.29) is 6.54 Å². The lowest BCUT2D eigenvalue weighted by molar-refractivity contribution is 0.0333. The van der Waals surface area contributed by atoms with E-state index in [1.54, 1.807) is 19.2 Å². The monoisotopic (exact) mass is 310 g/mol. The third-order valence-electron chi connectivity index (χ3n) is 4.57. The number of hydrogen-bond acceptors (Lipinski definition) is 4. The Labute approximate surface area is 126 Å². The number of benzene rings is 1. The quantitative estimate of drug-likeness (QED) is 0.877. The Morgan fingerprint density at radius 2 is 1.90 bits per heavy atom. The summed E-state index contributed by atoms with van der Waals surface area (Å²) in [6.07, 6.45) is 3.30. The highest BCUT2D eigenvalue weighted by molar-refractivity contribution is 7.89. The van der Waals surface area contributed by atoms with E-state index in [1.165, 1.54) is 4.31 Å². The van der Waals surface area contributed by atoms with E-state index in [2.05, 4.69) is 5.32 Å². The number of likely N-dealkylation sites (N-methyl/N-ethyl adjacent to an activating group) is 1. The van der Waals surface area contributed by atoms with Gasteiger partial charge in [0.25, 0.3) is 0 Å². The van der Waals surface area contributed by atoms with Gasteiger partial charge in [0.15, 0.2) is 0 Å². The van der Waals surface area contributed by atoms with Crippen LogP contribution in [-0.2, 0) is 23.1 Å². The Morgan fingerprint density at radius 3 is 2.62 bits per heavy atom. The van der Waals surface area contributed by atoms with Gasteiger partial charge in [0.05, 0.1) is 10.5 Å². The zero-order valence-corrected chi connectivity index (χ0v) is 13.1. The van der Waals surface area contributed by atoms with E-state index in [4.69, 9.17) is 0 Å². The van der Waals surface area contributed by atoms with Crippen LogP contribution in [0.1, 0.15) is 36.8 Å². The predicted octanol–water partition coefficient (Wildman–Crippen LogP) is 1.22. The van der Waals surface area contributed by atoms with Crippen LogP contribution in [0, 0.1) is 0 Å². The van der Waals surface area contributed by atoms with Gasteiger partial charge in [-0.3, -0.25) is 0 Å². The van der Waals surface area contributed by atoms with Crippen LogP contribution in [0.4, 0.5) is 0 Å². The lowest BCUT2D eigenvalue weighted by Crippen LogP contribution is -2.42. The summed E-state index contributed by atoms with van der Waals surface area (Å²) in [5.74, 6) is 0. The molecule has 0 bridgehead atoms. The Kier molecular flexibility index (Phi) is 3.81. The fourth-order valence-corrected chi connectivity index (χ4v) is 4.60. The molecule has 0 unspecified atom stereocenters. The van der Waals surface area contributed by atoms with Crippen molar-refractivity contribution in [3.8, 4) is 0 Å². The molecule has 1 aromatic rings. The van der Waals surface area contributed by atoms with E-state index < -0.39 is 15.6 Å². The molecular formula is C15H22N2O3S.